The zero-order valence-corrected chi connectivity index (χ0v) is 63.6. The molecule has 0 spiro atoms. The van der Waals surface area contributed by atoms with Crippen molar-refractivity contribution >= 4 is 72.6 Å². The Balaban J connectivity index is 0.000000260. The minimum atomic E-state index is -1.88. The molecular weight excluding hydrogens is 1340 g/mol. The van der Waals surface area contributed by atoms with E-state index in [0.717, 1.165) is 110 Å². The maximum atomic E-state index is 10.7. The lowest BCUT2D eigenvalue weighted by atomic mass is 10.1. The molecule has 7 nitrogen and oxygen atoms in total. The van der Waals surface area contributed by atoms with Gasteiger partial charge >= 0.3 is 0 Å². The second kappa shape index (κ2) is 53.3. The maximum Gasteiger partial charge on any atom is 0.150 e. The number of hydrogen-bond acceptors (Lipinski definition) is 7. The standard InChI is InChI=1S/C35H42OP.2C25H32O2.C8H6O2.BrH/c1-2-3-4-5-6-7-8-18-29-36-32-27-25-31(26-28-32)30-37(33-19-12-9-13-20-33,34-21-14-10-15-22-34)35-23-16-11-17-24-35;2*1-2-3-4-5-6-7-8-9-20-27-25-18-16-23(17-19-25)11-10-22-12-14-24(21-26)15-13-22;9-5-7-1-2-8(6-10)4-3-7;/h9-17,19-28H,2-8,18,29-30H2,1H3;2*10-19,21H,2-9,20H2,1H3;1-6H;1H/q+1;;;;/p-1. The van der Waals surface area contributed by atoms with Crippen molar-refractivity contribution in [2.45, 2.75) is 181 Å². The molecule has 0 aliphatic carbocycles. The molecule has 0 fully saturated rings. The molecule has 0 bridgehead atoms. The Kier molecular flexibility index (Phi) is 43.9. The summed E-state index contributed by atoms with van der Waals surface area (Å²) in [5.74, 6) is 2.85. The van der Waals surface area contributed by atoms with Crippen molar-refractivity contribution in [3.63, 3.8) is 0 Å². The summed E-state index contributed by atoms with van der Waals surface area (Å²) in [6.45, 7) is 9.20. The zero-order valence-electron chi connectivity index (χ0n) is 61.1. The average Bonchev–Trinajstić information content (AvgIpc) is 0.753. The molecule has 9 heteroatoms. The molecule has 0 saturated carbocycles. The normalized spacial score (nSPS) is 10.8. The van der Waals surface area contributed by atoms with E-state index in [4.69, 9.17) is 14.2 Å². The molecule has 0 aliphatic heterocycles. The quantitative estimate of drug-likeness (QED) is 0.0163. The van der Waals surface area contributed by atoms with Crippen LogP contribution in [0.5, 0.6) is 17.2 Å². The molecule has 9 aromatic rings. The van der Waals surface area contributed by atoms with E-state index in [1.54, 1.807) is 24.3 Å². The molecule has 0 unspecified atom stereocenters. The lowest BCUT2D eigenvalue weighted by molar-refractivity contribution is -0.0000458. The van der Waals surface area contributed by atoms with Gasteiger partial charge < -0.3 is 31.2 Å². The zero-order chi connectivity index (χ0) is 71.3. The third-order valence-electron chi connectivity index (χ3n) is 17.8. The van der Waals surface area contributed by atoms with Crippen molar-refractivity contribution in [2.75, 3.05) is 19.8 Å². The van der Waals surface area contributed by atoms with E-state index in [9.17, 15) is 19.2 Å². The molecule has 0 aromatic heterocycles. The van der Waals surface area contributed by atoms with Gasteiger partial charge in [-0.2, -0.15) is 0 Å². The minimum absolute atomic E-state index is 0. The molecule has 0 atom stereocenters. The number of unbranched alkanes of at least 4 members (excludes halogenated alkanes) is 21. The molecule has 0 amide bonds. The third-order valence-corrected chi connectivity index (χ3v) is 22.2. The number of aldehydes is 4. The van der Waals surface area contributed by atoms with E-state index >= 15 is 0 Å². The van der Waals surface area contributed by atoms with Gasteiger partial charge in [0.15, 0.2) is 0 Å². The van der Waals surface area contributed by atoms with Gasteiger partial charge in [0, 0.05) is 22.3 Å². The Morgan fingerprint density at radius 1 is 0.245 bits per heavy atom. The number of carbonyl (C=O) groups is 4. The smallest absolute Gasteiger partial charge is 0.150 e. The fourth-order valence-electron chi connectivity index (χ4n) is 11.8. The Labute approximate surface area is 623 Å². The fraction of sp³-hybridized carbons (Fsp3) is 0.333. The lowest BCUT2D eigenvalue weighted by Gasteiger charge is -2.28. The van der Waals surface area contributed by atoms with E-state index in [1.165, 1.54) is 156 Å². The van der Waals surface area contributed by atoms with Gasteiger partial charge in [0.05, 0.1) is 26.0 Å². The predicted octanol–water partition coefficient (Wildman–Crippen LogP) is 21.4. The summed E-state index contributed by atoms with van der Waals surface area (Å²) >= 11 is 0. The average molecular weight is 1450 g/mol. The third kappa shape index (κ3) is 33.5. The van der Waals surface area contributed by atoms with E-state index in [0.29, 0.717) is 22.3 Å². The molecule has 102 heavy (non-hydrogen) atoms. The molecular formula is C93H112BrO7P. The van der Waals surface area contributed by atoms with E-state index in [2.05, 4.69) is 172 Å². The minimum Gasteiger partial charge on any atom is -1.00 e. The van der Waals surface area contributed by atoms with Crippen molar-refractivity contribution in [2.24, 2.45) is 0 Å². The molecule has 9 rings (SSSR count). The van der Waals surface area contributed by atoms with Crippen LogP contribution in [0.25, 0.3) is 24.3 Å². The predicted molar refractivity (Wildman–Crippen MR) is 431 cm³/mol. The number of ether oxygens (including phenoxy) is 3. The molecule has 0 N–H and O–H groups in total. The van der Waals surface area contributed by atoms with Crippen LogP contribution in [0.3, 0.4) is 0 Å². The molecule has 0 radical (unpaired) electrons. The highest BCUT2D eigenvalue weighted by molar-refractivity contribution is 7.95. The second-order valence-corrected chi connectivity index (χ2v) is 29.3. The van der Waals surface area contributed by atoms with Crippen LogP contribution >= 0.6 is 7.26 Å². The topological polar surface area (TPSA) is 96.0 Å². The molecule has 0 saturated heterocycles. The number of hydrogen-bond donors (Lipinski definition) is 0. The highest BCUT2D eigenvalue weighted by atomic mass is 79.9. The van der Waals surface area contributed by atoms with E-state index in [1.807, 2.05) is 84.9 Å². The number of benzene rings is 9. The van der Waals surface area contributed by atoms with Crippen LogP contribution in [-0.2, 0) is 6.16 Å². The van der Waals surface area contributed by atoms with Gasteiger partial charge in [0.2, 0.25) is 0 Å². The van der Waals surface area contributed by atoms with Crippen LogP contribution in [0, 0.1) is 0 Å². The van der Waals surface area contributed by atoms with Gasteiger partial charge in [-0.1, -0.05) is 344 Å². The highest BCUT2D eigenvalue weighted by Gasteiger charge is 2.45. The first-order valence-electron chi connectivity index (χ1n) is 37.5. The molecule has 538 valence electrons. The molecule has 0 aliphatic rings. The van der Waals surface area contributed by atoms with E-state index < -0.39 is 7.26 Å². The Morgan fingerprint density at radius 2 is 0.451 bits per heavy atom. The fourth-order valence-corrected chi connectivity index (χ4v) is 16.0. The van der Waals surface area contributed by atoms with Crippen molar-refractivity contribution in [3.8, 4) is 17.2 Å². The van der Waals surface area contributed by atoms with Crippen LogP contribution in [0.15, 0.2) is 237 Å². The van der Waals surface area contributed by atoms with Gasteiger partial charge in [-0.3, -0.25) is 19.2 Å². The summed E-state index contributed by atoms with van der Waals surface area (Å²) in [5.41, 5.74) is 8.35. The Hall–Kier alpha value is -8.55. The van der Waals surface area contributed by atoms with E-state index in [-0.39, 0.29) is 17.0 Å². The molecule has 9 aromatic carbocycles. The van der Waals surface area contributed by atoms with Crippen LogP contribution in [0.1, 0.15) is 244 Å². The van der Waals surface area contributed by atoms with Gasteiger partial charge in [-0.25, -0.2) is 0 Å². The highest BCUT2D eigenvalue weighted by Crippen LogP contribution is 2.58. The van der Waals surface area contributed by atoms with Crippen LogP contribution in [0.4, 0.5) is 0 Å². The number of carbonyl (C=O) groups excluding carboxylic acids is 4. The van der Waals surface area contributed by atoms with Gasteiger partial charge in [-0.05, 0) is 120 Å². The number of halogens is 1. The van der Waals surface area contributed by atoms with Gasteiger partial charge in [0.25, 0.3) is 0 Å². The molecule has 0 heterocycles. The lowest BCUT2D eigenvalue weighted by Crippen LogP contribution is -3.00. The first-order valence-corrected chi connectivity index (χ1v) is 39.5. The maximum absolute atomic E-state index is 10.7. The summed E-state index contributed by atoms with van der Waals surface area (Å²) in [6, 6.07) is 80.1. The monoisotopic (exact) mass is 1450 g/mol. The van der Waals surface area contributed by atoms with Gasteiger partial charge in [-0.15, -0.1) is 0 Å². The van der Waals surface area contributed by atoms with Crippen LogP contribution < -0.4 is 47.1 Å². The van der Waals surface area contributed by atoms with Crippen molar-refractivity contribution in [1.29, 1.82) is 0 Å². The van der Waals surface area contributed by atoms with Crippen molar-refractivity contribution in [1.82, 2.24) is 0 Å². The van der Waals surface area contributed by atoms with Gasteiger partial charge in [0.1, 0.15) is 65.6 Å². The summed E-state index contributed by atoms with van der Waals surface area (Å²) in [4.78, 5) is 41.6. The SMILES string of the molecule is CCCCCCCCCCOc1ccc(C=Cc2ccc(C=O)cc2)cc1.CCCCCCCCCCOc1ccc(C=Cc2ccc(C=O)cc2)cc1.CCCCCCCCCCOc1ccc(C[P+](c2ccccc2)(c2ccccc2)c2ccccc2)cc1.O=Cc1ccc(C=O)cc1.[Br-]. The van der Waals surface area contributed by atoms with Crippen LogP contribution in [0.2, 0.25) is 0 Å². The Bertz CT molecular complexity index is 3410. The summed E-state index contributed by atoms with van der Waals surface area (Å²) < 4.78 is 17.8. The van der Waals surface area contributed by atoms with Crippen LogP contribution in [-0.4, -0.2) is 45.0 Å². The number of rotatable bonds is 43. The summed E-state index contributed by atoms with van der Waals surface area (Å²) in [6.07, 6.45) is 44.1. The first kappa shape index (κ1) is 84.1. The largest absolute Gasteiger partial charge is 1.00 e. The van der Waals surface area contributed by atoms with Crippen molar-refractivity contribution < 1.29 is 50.4 Å². The summed E-state index contributed by atoms with van der Waals surface area (Å²) in [5, 5.41) is 4.26. The summed E-state index contributed by atoms with van der Waals surface area (Å²) in [7, 11) is -1.88. The second-order valence-electron chi connectivity index (χ2n) is 25.9. The van der Waals surface area contributed by atoms with Crippen molar-refractivity contribution in [3.05, 3.63) is 287 Å². The Morgan fingerprint density at radius 3 is 0.686 bits per heavy atom. The first-order chi connectivity index (χ1) is 49.8.